The quantitative estimate of drug-likeness (QED) is 0.727. The molecule has 2 fully saturated rings. The Balaban J connectivity index is 1.40. The first-order valence-corrected chi connectivity index (χ1v) is 9.91. The molecular formula is C18H20ClFN4OS. The monoisotopic (exact) mass is 394 g/mol. The van der Waals surface area contributed by atoms with Crippen molar-refractivity contribution in [3.63, 3.8) is 0 Å². The molecule has 0 aliphatic carbocycles. The molecule has 0 radical (unpaired) electrons. The molecule has 0 N–H and O–H groups in total. The fourth-order valence-electron chi connectivity index (χ4n) is 3.72. The van der Waals surface area contributed by atoms with Gasteiger partial charge in [0.25, 0.3) is 0 Å². The van der Waals surface area contributed by atoms with E-state index in [1.165, 1.54) is 18.0 Å². The molecule has 4 heterocycles. The Hall–Kier alpha value is -1.44. The molecule has 2 aromatic rings. The summed E-state index contributed by atoms with van der Waals surface area (Å²) >= 11 is 7.22. The van der Waals surface area contributed by atoms with Crippen LogP contribution >= 0.6 is 23.4 Å². The van der Waals surface area contributed by atoms with Gasteiger partial charge in [0.2, 0.25) is 5.95 Å². The average Bonchev–Trinajstić information content (AvgIpc) is 3.01. The van der Waals surface area contributed by atoms with Crippen molar-refractivity contribution in [2.75, 3.05) is 24.6 Å². The van der Waals surface area contributed by atoms with E-state index in [2.05, 4.69) is 26.8 Å². The van der Waals surface area contributed by atoms with Crippen molar-refractivity contribution in [1.29, 1.82) is 0 Å². The van der Waals surface area contributed by atoms with Crippen LogP contribution in [0.1, 0.15) is 26.2 Å². The van der Waals surface area contributed by atoms with Crippen molar-refractivity contribution in [2.24, 2.45) is 5.41 Å². The fraction of sp³-hybridized carbons (Fsp3) is 0.500. The van der Waals surface area contributed by atoms with E-state index < -0.39 is 5.95 Å². The predicted octanol–water partition coefficient (Wildman–Crippen LogP) is 4.21. The van der Waals surface area contributed by atoms with E-state index in [4.69, 9.17) is 16.3 Å². The number of nitrogens with zero attached hydrogens (tertiary/aromatic N) is 4. The second-order valence-corrected chi connectivity index (χ2v) is 8.48. The average molecular weight is 395 g/mol. The molecule has 1 atom stereocenters. The highest BCUT2D eigenvalue weighted by atomic mass is 35.5. The molecule has 1 spiro atoms. The van der Waals surface area contributed by atoms with Crippen LogP contribution in [0.5, 0.6) is 0 Å². The highest BCUT2D eigenvalue weighted by Gasteiger charge is 2.41. The zero-order valence-corrected chi connectivity index (χ0v) is 16.1. The number of halogens is 2. The Morgan fingerprint density at radius 3 is 2.73 bits per heavy atom. The van der Waals surface area contributed by atoms with Gasteiger partial charge in [0.15, 0.2) is 0 Å². The lowest BCUT2D eigenvalue weighted by Gasteiger charge is -2.38. The van der Waals surface area contributed by atoms with Crippen LogP contribution in [0.25, 0.3) is 0 Å². The SMILES string of the molecule is C[C@H]1CC2(CCN(c3cnc(Sc4ccnc(F)c4Cl)cn3)CC2)CO1. The van der Waals surface area contributed by atoms with Crippen molar-refractivity contribution in [3.05, 3.63) is 35.6 Å². The minimum absolute atomic E-state index is 0.0118. The van der Waals surface area contributed by atoms with Crippen LogP contribution in [-0.2, 0) is 4.74 Å². The Labute approximate surface area is 161 Å². The van der Waals surface area contributed by atoms with Crippen LogP contribution in [0.2, 0.25) is 5.02 Å². The first kappa shape index (κ1) is 17.9. The summed E-state index contributed by atoms with van der Waals surface area (Å²) in [5, 5.41) is 0.686. The second-order valence-electron chi connectivity index (χ2n) is 7.04. The number of ether oxygens (including phenoxy) is 1. The summed E-state index contributed by atoms with van der Waals surface area (Å²) in [5.74, 6) is 0.205. The lowest BCUT2D eigenvalue weighted by Crippen LogP contribution is -2.41. The van der Waals surface area contributed by atoms with Gasteiger partial charge < -0.3 is 9.64 Å². The third kappa shape index (κ3) is 3.66. The van der Waals surface area contributed by atoms with Gasteiger partial charge in [-0.15, -0.1) is 0 Å². The van der Waals surface area contributed by atoms with E-state index in [0.717, 1.165) is 44.8 Å². The van der Waals surface area contributed by atoms with Crippen LogP contribution in [0.3, 0.4) is 0 Å². The van der Waals surface area contributed by atoms with Gasteiger partial charge in [-0.3, -0.25) is 0 Å². The van der Waals surface area contributed by atoms with E-state index in [1.807, 2.05) is 0 Å². The smallest absolute Gasteiger partial charge is 0.232 e. The maximum absolute atomic E-state index is 13.4. The molecule has 2 saturated heterocycles. The minimum Gasteiger partial charge on any atom is -0.378 e. The predicted molar refractivity (Wildman–Crippen MR) is 99.3 cm³/mol. The first-order chi connectivity index (χ1) is 12.5. The largest absolute Gasteiger partial charge is 0.378 e. The van der Waals surface area contributed by atoms with E-state index in [1.54, 1.807) is 18.5 Å². The molecule has 2 aliphatic rings. The summed E-state index contributed by atoms with van der Waals surface area (Å²) in [4.78, 5) is 15.4. The van der Waals surface area contributed by atoms with Gasteiger partial charge in [-0.2, -0.15) is 4.39 Å². The van der Waals surface area contributed by atoms with Crippen LogP contribution in [0.4, 0.5) is 10.2 Å². The minimum atomic E-state index is -0.672. The zero-order chi connectivity index (χ0) is 18.1. The number of piperidine rings is 1. The molecule has 138 valence electrons. The van der Waals surface area contributed by atoms with Crippen molar-refractivity contribution in [1.82, 2.24) is 15.0 Å². The summed E-state index contributed by atoms with van der Waals surface area (Å²) in [6, 6.07) is 1.67. The van der Waals surface area contributed by atoms with Gasteiger partial charge in [-0.25, -0.2) is 15.0 Å². The first-order valence-electron chi connectivity index (χ1n) is 8.71. The van der Waals surface area contributed by atoms with Crippen molar-refractivity contribution >= 4 is 29.2 Å². The highest BCUT2D eigenvalue weighted by Crippen LogP contribution is 2.42. The number of rotatable bonds is 3. The van der Waals surface area contributed by atoms with Gasteiger partial charge in [0.05, 0.1) is 25.1 Å². The Kier molecular flexibility index (Phi) is 5.03. The van der Waals surface area contributed by atoms with Crippen molar-refractivity contribution < 1.29 is 9.13 Å². The molecule has 0 aromatic carbocycles. The van der Waals surface area contributed by atoms with Crippen molar-refractivity contribution in [3.8, 4) is 0 Å². The summed E-state index contributed by atoms with van der Waals surface area (Å²) in [5.41, 5.74) is 0.349. The van der Waals surface area contributed by atoms with Crippen LogP contribution in [0, 0.1) is 11.4 Å². The van der Waals surface area contributed by atoms with Gasteiger partial charge in [-0.1, -0.05) is 23.4 Å². The molecule has 0 bridgehead atoms. The normalized spacial score (nSPS) is 22.1. The summed E-state index contributed by atoms with van der Waals surface area (Å²) in [7, 11) is 0. The molecule has 2 aromatic heterocycles. The number of pyridine rings is 1. The Morgan fingerprint density at radius 1 is 1.27 bits per heavy atom. The van der Waals surface area contributed by atoms with E-state index in [0.29, 0.717) is 21.4 Å². The fourth-order valence-corrected chi connectivity index (χ4v) is 4.69. The summed E-state index contributed by atoms with van der Waals surface area (Å²) in [6.45, 7) is 4.98. The van der Waals surface area contributed by atoms with Crippen LogP contribution in [-0.4, -0.2) is 40.8 Å². The van der Waals surface area contributed by atoms with Crippen LogP contribution < -0.4 is 4.90 Å². The van der Waals surface area contributed by atoms with Gasteiger partial charge >= 0.3 is 0 Å². The lowest BCUT2D eigenvalue weighted by molar-refractivity contribution is 0.0976. The van der Waals surface area contributed by atoms with Crippen molar-refractivity contribution in [2.45, 2.75) is 42.2 Å². The second kappa shape index (κ2) is 7.29. The van der Waals surface area contributed by atoms with Gasteiger partial charge in [-0.05, 0) is 37.7 Å². The lowest BCUT2D eigenvalue weighted by atomic mass is 9.77. The standard InChI is InChI=1S/C18H20ClFN4OS/c1-12-8-18(11-25-12)3-6-24(7-4-18)14-9-23-15(10-22-14)26-13-2-5-21-17(20)16(13)19/h2,5,9-10,12H,3-4,6-8,11H2,1H3/t12-/m0/s1. The molecule has 8 heteroatoms. The Morgan fingerprint density at radius 2 is 2.08 bits per heavy atom. The third-order valence-electron chi connectivity index (χ3n) is 5.18. The van der Waals surface area contributed by atoms with E-state index in [9.17, 15) is 4.39 Å². The van der Waals surface area contributed by atoms with E-state index >= 15 is 0 Å². The molecule has 26 heavy (non-hydrogen) atoms. The topological polar surface area (TPSA) is 51.1 Å². The molecule has 2 aliphatic heterocycles. The molecular weight excluding hydrogens is 375 g/mol. The molecule has 0 amide bonds. The maximum Gasteiger partial charge on any atom is 0.232 e. The third-order valence-corrected chi connectivity index (χ3v) is 6.63. The number of anilines is 1. The Bertz CT molecular complexity index is 783. The number of hydrogen-bond acceptors (Lipinski definition) is 6. The van der Waals surface area contributed by atoms with Gasteiger partial charge in [0, 0.05) is 24.2 Å². The van der Waals surface area contributed by atoms with E-state index in [-0.39, 0.29) is 5.02 Å². The number of hydrogen-bond donors (Lipinski definition) is 0. The molecule has 5 nitrogen and oxygen atoms in total. The molecule has 0 saturated carbocycles. The molecule has 4 rings (SSSR count). The highest BCUT2D eigenvalue weighted by molar-refractivity contribution is 7.99. The molecule has 0 unspecified atom stereocenters. The number of aromatic nitrogens is 3. The van der Waals surface area contributed by atoms with Gasteiger partial charge in [0.1, 0.15) is 15.9 Å². The summed E-state index contributed by atoms with van der Waals surface area (Å²) in [6.07, 6.45) is 8.67. The summed E-state index contributed by atoms with van der Waals surface area (Å²) < 4.78 is 19.2. The van der Waals surface area contributed by atoms with Crippen LogP contribution in [0.15, 0.2) is 34.6 Å². The zero-order valence-electron chi connectivity index (χ0n) is 14.5. The maximum atomic E-state index is 13.4.